The lowest BCUT2D eigenvalue weighted by atomic mass is 9.69. The molecule has 5 aliphatic carbocycles. The average Bonchev–Trinajstić information content (AvgIpc) is 2.86. The van der Waals surface area contributed by atoms with Crippen molar-refractivity contribution in [3.63, 3.8) is 0 Å². The monoisotopic (exact) mass is 524 g/mol. The summed E-state index contributed by atoms with van der Waals surface area (Å²) in [4.78, 5) is 20.4. The van der Waals surface area contributed by atoms with Crippen molar-refractivity contribution in [2.24, 2.45) is 5.41 Å². The molecule has 5 saturated carbocycles. The van der Waals surface area contributed by atoms with Crippen LogP contribution in [0.1, 0.15) is 148 Å². The molecule has 0 unspecified atom stereocenters. The average molecular weight is 525 g/mol. The van der Waals surface area contributed by atoms with E-state index < -0.39 is 17.4 Å². The van der Waals surface area contributed by atoms with Crippen LogP contribution in [0.2, 0.25) is 0 Å². The van der Waals surface area contributed by atoms with Gasteiger partial charge in [-0.25, -0.2) is 0 Å². The van der Waals surface area contributed by atoms with Gasteiger partial charge >= 0.3 is 0 Å². The first kappa shape index (κ1) is 32.0. The molecule has 0 aromatic carbocycles. The number of nitrogens with two attached hydrogens (primary N) is 2. The van der Waals surface area contributed by atoms with Crippen LogP contribution in [0.15, 0.2) is 0 Å². The normalized spacial score (nSPS) is 25.2. The zero-order chi connectivity index (χ0) is 25.6. The van der Waals surface area contributed by atoms with Gasteiger partial charge < -0.3 is 35.9 Å². The van der Waals surface area contributed by atoms with E-state index >= 15 is 0 Å². The van der Waals surface area contributed by atoms with Gasteiger partial charge in [-0.2, -0.15) is 0 Å². The smallest absolute Gasteiger partial charge is 0.0861 e. The summed E-state index contributed by atoms with van der Waals surface area (Å²) in [6.07, 6.45) is 30.8. The molecule has 37 heavy (non-hydrogen) atoms. The van der Waals surface area contributed by atoms with Crippen molar-refractivity contribution in [1.82, 2.24) is 0 Å². The van der Waals surface area contributed by atoms with E-state index in [0.717, 1.165) is 24.2 Å². The van der Waals surface area contributed by atoms with Crippen LogP contribution in [0.5, 0.6) is 0 Å². The highest BCUT2D eigenvalue weighted by atomic mass is 16.4. The van der Waals surface area contributed by atoms with Gasteiger partial charge in [-0.15, -0.1) is 0 Å². The molecule has 216 valence electrons. The fourth-order valence-corrected chi connectivity index (χ4v) is 7.10. The van der Waals surface area contributed by atoms with Crippen LogP contribution >= 0.6 is 0 Å². The number of hydrogen-bond acceptors (Lipinski definition) is 4. The van der Waals surface area contributed by atoms with Crippen molar-refractivity contribution < 1.29 is 35.9 Å². The van der Waals surface area contributed by atoms with Gasteiger partial charge in [0.15, 0.2) is 0 Å². The molecule has 0 bridgehead atoms. The van der Waals surface area contributed by atoms with Crippen LogP contribution in [-0.2, 0) is 9.59 Å². The summed E-state index contributed by atoms with van der Waals surface area (Å²) in [6, 6.07) is 3.99. The van der Waals surface area contributed by atoms with Gasteiger partial charge in [0.2, 0.25) is 0 Å². The highest BCUT2D eigenvalue weighted by Crippen LogP contribution is 2.39. The highest BCUT2D eigenvalue weighted by Gasteiger charge is 2.39. The summed E-state index contributed by atoms with van der Waals surface area (Å²) in [5.74, 6) is -3.03. The van der Waals surface area contributed by atoms with Crippen LogP contribution < -0.4 is 20.8 Å². The van der Waals surface area contributed by atoms with E-state index in [9.17, 15) is 19.8 Å². The zero-order valence-corrected chi connectivity index (χ0v) is 23.4. The SMILES string of the molecule is C1CCC([NH2+]C2CCCCC2)CC1.C1CCC([NH2+]C2CCCCC2)CC1.O.O=C([O-])C1(C(=O)[O-])CCC1. The number of hydrogen-bond donors (Lipinski definition) is 2. The lowest BCUT2D eigenvalue weighted by Gasteiger charge is -2.43. The van der Waals surface area contributed by atoms with Crippen molar-refractivity contribution in [3.8, 4) is 0 Å². The maximum atomic E-state index is 10.2. The predicted molar refractivity (Wildman–Crippen MR) is 141 cm³/mol. The van der Waals surface area contributed by atoms with Gasteiger partial charge in [0.1, 0.15) is 0 Å². The molecule has 0 radical (unpaired) electrons. The van der Waals surface area contributed by atoms with E-state index in [0.29, 0.717) is 6.42 Å². The molecule has 0 aromatic rings. The second kappa shape index (κ2) is 17.4. The number of carbonyl (C=O) groups is 2. The Labute approximate surface area is 225 Å². The first-order chi connectivity index (χ1) is 17.5. The highest BCUT2D eigenvalue weighted by molar-refractivity contribution is 5.97. The lowest BCUT2D eigenvalue weighted by molar-refractivity contribution is -0.726. The molecule has 7 heteroatoms. The number of carboxylic acid groups (broad SMARTS) is 2. The van der Waals surface area contributed by atoms with Crippen LogP contribution in [-0.4, -0.2) is 41.6 Å². The summed E-state index contributed by atoms with van der Waals surface area (Å²) in [5, 5.41) is 25.9. The molecule has 5 fully saturated rings. The minimum Gasteiger partial charge on any atom is -0.549 e. The molecule has 0 amide bonds. The van der Waals surface area contributed by atoms with Gasteiger partial charge in [-0.1, -0.05) is 32.1 Å². The molecule has 5 aliphatic rings. The predicted octanol–water partition coefficient (Wildman–Crippen LogP) is 1.26. The van der Waals surface area contributed by atoms with Crippen LogP contribution in [0.4, 0.5) is 0 Å². The van der Waals surface area contributed by atoms with E-state index in [1.54, 1.807) is 0 Å². The van der Waals surface area contributed by atoms with Crippen molar-refractivity contribution in [1.29, 1.82) is 0 Å². The number of aliphatic carboxylic acids is 2. The third kappa shape index (κ3) is 10.8. The zero-order valence-electron chi connectivity index (χ0n) is 23.4. The Morgan fingerprint density at radius 1 is 0.459 bits per heavy atom. The summed E-state index contributed by atoms with van der Waals surface area (Å²) in [7, 11) is 0. The van der Waals surface area contributed by atoms with E-state index in [1.165, 1.54) is 128 Å². The molecular weight excluding hydrogens is 468 g/mol. The quantitative estimate of drug-likeness (QED) is 0.504. The Balaban J connectivity index is 0.000000195. The summed E-state index contributed by atoms with van der Waals surface area (Å²) < 4.78 is 0. The molecule has 0 atom stereocenters. The van der Waals surface area contributed by atoms with Crippen molar-refractivity contribution >= 4 is 11.9 Å². The number of rotatable bonds is 6. The van der Waals surface area contributed by atoms with Crippen molar-refractivity contribution in [2.75, 3.05) is 0 Å². The standard InChI is InChI=1S/2C12H23N.C6H8O4.H2O/c2*1-3-7-11(8-4-1)13-12-9-5-2-6-10-12;7-4(8)6(5(9)10)2-1-3-6;/h2*11-13H,1-10H2;1-3H2,(H,7,8)(H,9,10);1H2. The molecule has 0 heterocycles. The van der Waals surface area contributed by atoms with Crippen LogP contribution in [0, 0.1) is 5.41 Å². The first-order valence-corrected chi connectivity index (χ1v) is 15.6. The molecule has 0 saturated heterocycles. The van der Waals surface area contributed by atoms with Crippen molar-refractivity contribution in [3.05, 3.63) is 0 Å². The van der Waals surface area contributed by atoms with Gasteiger partial charge in [0.25, 0.3) is 0 Å². The third-order valence-corrected chi connectivity index (χ3v) is 9.68. The minimum absolute atomic E-state index is 0. The maximum absolute atomic E-state index is 10.2. The molecule has 6 N–H and O–H groups in total. The van der Waals surface area contributed by atoms with Gasteiger partial charge in [-0.05, 0) is 116 Å². The minimum atomic E-state index is -1.67. The van der Waals surface area contributed by atoms with Crippen LogP contribution in [0.3, 0.4) is 0 Å². The maximum Gasteiger partial charge on any atom is 0.0861 e. The van der Waals surface area contributed by atoms with Crippen molar-refractivity contribution in [2.45, 2.75) is 172 Å². The van der Waals surface area contributed by atoms with E-state index in [2.05, 4.69) is 10.6 Å². The molecular formula is C30H56N2O5. The Kier molecular flexibility index (Phi) is 15.1. The molecule has 0 spiro atoms. The topological polar surface area (TPSA) is 145 Å². The fraction of sp³-hybridized carbons (Fsp3) is 0.933. The van der Waals surface area contributed by atoms with Gasteiger partial charge in [0, 0.05) is 5.41 Å². The Bertz CT molecular complexity index is 548. The number of carboxylic acids is 2. The van der Waals surface area contributed by atoms with E-state index in [-0.39, 0.29) is 18.3 Å². The molecule has 7 nitrogen and oxygen atoms in total. The lowest BCUT2D eigenvalue weighted by Crippen LogP contribution is -2.95. The van der Waals surface area contributed by atoms with Gasteiger partial charge in [-0.3, -0.25) is 0 Å². The first-order valence-electron chi connectivity index (χ1n) is 15.6. The largest absolute Gasteiger partial charge is 0.549 e. The summed E-state index contributed by atoms with van der Waals surface area (Å²) >= 11 is 0. The molecule has 0 aliphatic heterocycles. The Hall–Kier alpha value is -1.18. The number of quaternary nitrogens is 2. The molecule has 5 rings (SSSR count). The summed E-state index contributed by atoms with van der Waals surface area (Å²) in [6.45, 7) is 0. The fourth-order valence-electron chi connectivity index (χ4n) is 7.10. The Morgan fingerprint density at radius 3 is 0.838 bits per heavy atom. The third-order valence-electron chi connectivity index (χ3n) is 9.68. The van der Waals surface area contributed by atoms with E-state index in [4.69, 9.17) is 0 Å². The van der Waals surface area contributed by atoms with Crippen LogP contribution in [0.25, 0.3) is 0 Å². The number of carbonyl (C=O) groups excluding carboxylic acids is 2. The second-order valence-corrected chi connectivity index (χ2v) is 12.5. The Morgan fingerprint density at radius 2 is 0.703 bits per heavy atom. The van der Waals surface area contributed by atoms with E-state index in [1.807, 2.05) is 0 Å². The molecule has 0 aromatic heterocycles. The second-order valence-electron chi connectivity index (χ2n) is 12.5. The van der Waals surface area contributed by atoms with Gasteiger partial charge in [0.05, 0.1) is 36.1 Å². The summed E-state index contributed by atoms with van der Waals surface area (Å²) in [5.41, 5.74) is -1.67.